The molecule has 2 aromatic rings. The van der Waals surface area contributed by atoms with Gasteiger partial charge in [0.25, 0.3) is 0 Å². The summed E-state index contributed by atoms with van der Waals surface area (Å²) in [6, 6.07) is 11.7. The molecule has 3 rings (SSSR count). The minimum absolute atomic E-state index is 0.0725. The van der Waals surface area contributed by atoms with E-state index in [9.17, 15) is 14.0 Å². The number of anilines is 2. The third-order valence-corrected chi connectivity index (χ3v) is 5.57. The summed E-state index contributed by atoms with van der Waals surface area (Å²) < 4.78 is 25.8. The number of halogens is 2. The Labute approximate surface area is 189 Å². The van der Waals surface area contributed by atoms with Gasteiger partial charge in [-0.1, -0.05) is 28.1 Å². The Balaban J connectivity index is 1.82. The van der Waals surface area contributed by atoms with Gasteiger partial charge in [0.15, 0.2) is 0 Å². The third kappa shape index (κ3) is 5.83. The highest BCUT2D eigenvalue weighted by molar-refractivity contribution is 9.10. The van der Waals surface area contributed by atoms with Gasteiger partial charge in [-0.3, -0.25) is 10.1 Å². The quantitative estimate of drug-likeness (QED) is 0.580. The molecule has 2 amide bonds. The molecular weight excluding hydrogens is 467 g/mol. The first-order chi connectivity index (χ1) is 14.6. The van der Waals surface area contributed by atoms with Gasteiger partial charge in [-0.25, -0.2) is 9.18 Å². The van der Waals surface area contributed by atoms with Crippen molar-refractivity contribution in [3.63, 3.8) is 0 Å². The van der Waals surface area contributed by atoms with Crippen molar-refractivity contribution in [2.75, 3.05) is 23.8 Å². The van der Waals surface area contributed by atoms with Gasteiger partial charge in [0.05, 0.1) is 11.1 Å². The molecular formula is C23H26BrFN2O4. The van der Waals surface area contributed by atoms with Crippen LogP contribution < -0.4 is 10.6 Å². The van der Waals surface area contributed by atoms with Gasteiger partial charge in [0.2, 0.25) is 5.91 Å². The second-order valence-corrected chi connectivity index (χ2v) is 9.39. The normalized spacial score (nSPS) is 15.8. The number of benzene rings is 2. The van der Waals surface area contributed by atoms with E-state index < -0.39 is 22.9 Å². The first-order valence-electron chi connectivity index (χ1n) is 10.0. The predicted molar refractivity (Wildman–Crippen MR) is 121 cm³/mol. The molecule has 2 aromatic carbocycles. The fourth-order valence-corrected chi connectivity index (χ4v) is 3.76. The van der Waals surface area contributed by atoms with Crippen molar-refractivity contribution in [2.45, 2.75) is 44.6 Å². The fraction of sp³-hybridized carbons (Fsp3) is 0.391. The van der Waals surface area contributed by atoms with Gasteiger partial charge >= 0.3 is 6.09 Å². The summed E-state index contributed by atoms with van der Waals surface area (Å²) in [5.41, 5.74) is -0.277. The predicted octanol–water partition coefficient (Wildman–Crippen LogP) is 5.62. The summed E-state index contributed by atoms with van der Waals surface area (Å²) in [5.74, 6) is -0.828. The van der Waals surface area contributed by atoms with E-state index in [4.69, 9.17) is 9.47 Å². The van der Waals surface area contributed by atoms with Crippen molar-refractivity contribution in [3.8, 4) is 0 Å². The van der Waals surface area contributed by atoms with Crippen molar-refractivity contribution in [1.82, 2.24) is 0 Å². The SMILES string of the molecule is CC(C)(C)OC(=O)Nc1cc(NC(=O)C2(c3ccc(Br)cc3)CCOCC2)ccc1F. The van der Waals surface area contributed by atoms with Gasteiger partial charge < -0.3 is 14.8 Å². The van der Waals surface area contributed by atoms with Gasteiger partial charge in [0, 0.05) is 23.4 Å². The van der Waals surface area contributed by atoms with Crippen LogP contribution in [-0.2, 0) is 19.7 Å². The average Bonchev–Trinajstić information content (AvgIpc) is 2.70. The molecule has 1 heterocycles. The Kier molecular flexibility index (Phi) is 7.01. The lowest BCUT2D eigenvalue weighted by molar-refractivity contribution is -0.125. The van der Waals surface area contributed by atoms with Crippen LogP contribution in [0.3, 0.4) is 0 Å². The van der Waals surface area contributed by atoms with Crippen LogP contribution in [0, 0.1) is 5.82 Å². The zero-order chi connectivity index (χ0) is 22.6. The van der Waals surface area contributed by atoms with Crippen LogP contribution in [0.5, 0.6) is 0 Å². The zero-order valence-corrected chi connectivity index (χ0v) is 19.3. The van der Waals surface area contributed by atoms with Gasteiger partial charge in [-0.05, 0) is 69.5 Å². The molecule has 1 aliphatic rings. The summed E-state index contributed by atoms with van der Waals surface area (Å²) in [6.45, 7) is 6.09. The highest BCUT2D eigenvalue weighted by atomic mass is 79.9. The Bertz CT molecular complexity index is 951. The van der Waals surface area contributed by atoms with E-state index in [1.54, 1.807) is 20.8 Å². The molecule has 0 saturated carbocycles. The number of amides is 2. The molecule has 6 nitrogen and oxygen atoms in total. The lowest BCUT2D eigenvalue weighted by Crippen LogP contribution is -2.44. The molecule has 0 spiro atoms. The standard InChI is InChI=1S/C23H26BrFN2O4/c1-22(2,3)31-21(29)27-19-14-17(8-9-18(19)25)26-20(28)23(10-12-30-13-11-23)15-4-6-16(24)7-5-15/h4-9,14H,10-13H2,1-3H3,(H,26,28)(H,27,29). The molecule has 31 heavy (non-hydrogen) atoms. The van der Waals surface area contributed by atoms with E-state index in [0.29, 0.717) is 31.7 Å². The molecule has 0 atom stereocenters. The maximum atomic E-state index is 14.2. The first-order valence-corrected chi connectivity index (χ1v) is 10.8. The first kappa shape index (κ1) is 23.2. The third-order valence-electron chi connectivity index (χ3n) is 5.04. The van der Waals surface area contributed by atoms with Crippen LogP contribution in [-0.4, -0.2) is 30.8 Å². The lowest BCUT2D eigenvalue weighted by Gasteiger charge is -2.36. The van der Waals surface area contributed by atoms with E-state index in [0.717, 1.165) is 10.0 Å². The van der Waals surface area contributed by atoms with Crippen LogP contribution in [0.25, 0.3) is 0 Å². The van der Waals surface area contributed by atoms with E-state index in [-0.39, 0.29) is 11.6 Å². The summed E-state index contributed by atoms with van der Waals surface area (Å²) in [6.07, 6.45) is 0.292. The molecule has 1 aliphatic heterocycles. The molecule has 0 unspecified atom stereocenters. The number of rotatable bonds is 4. The highest BCUT2D eigenvalue weighted by Crippen LogP contribution is 2.37. The maximum Gasteiger partial charge on any atom is 0.412 e. The Morgan fingerprint density at radius 3 is 2.32 bits per heavy atom. The maximum absolute atomic E-state index is 14.2. The van der Waals surface area contributed by atoms with Crippen LogP contribution in [0.2, 0.25) is 0 Å². The molecule has 1 saturated heterocycles. The number of carbonyl (C=O) groups is 2. The smallest absolute Gasteiger partial charge is 0.412 e. The van der Waals surface area contributed by atoms with Gasteiger partial charge in [-0.2, -0.15) is 0 Å². The fourth-order valence-electron chi connectivity index (χ4n) is 3.50. The monoisotopic (exact) mass is 492 g/mol. The van der Waals surface area contributed by atoms with Crippen LogP contribution in [0.4, 0.5) is 20.6 Å². The number of nitrogens with one attached hydrogen (secondary N) is 2. The second kappa shape index (κ2) is 9.36. The second-order valence-electron chi connectivity index (χ2n) is 8.48. The summed E-state index contributed by atoms with van der Waals surface area (Å²) in [7, 11) is 0. The summed E-state index contributed by atoms with van der Waals surface area (Å²) in [4.78, 5) is 25.4. The van der Waals surface area contributed by atoms with Crippen molar-refractivity contribution in [1.29, 1.82) is 0 Å². The van der Waals surface area contributed by atoms with Crippen molar-refractivity contribution < 1.29 is 23.5 Å². The Hall–Kier alpha value is -2.45. The zero-order valence-electron chi connectivity index (χ0n) is 17.8. The molecule has 2 N–H and O–H groups in total. The van der Waals surface area contributed by atoms with E-state index >= 15 is 0 Å². The lowest BCUT2D eigenvalue weighted by atomic mass is 9.73. The minimum atomic E-state index is -0.773. The molecule has 8 heteroatoms. The molecule has 0 aliphatic carbocycles. The number of carbonyl (C=O) groups excluding carboxylic acids is 2. The summed E-state index contributed by atoms with van der Waals surface area (Å²) in [5, 5.41) is 5.28. The van der Waals surface area contributed by atoms with Crippen molar-refractivity contribution in [3.05, 3.63) is 58.3 Å². The van der Waals surface area contributed by atoms with Crippen LogP contribution in [0.15, 0.2) is 46.9 Å². The van der Waals surface area contributed by atoms with E-state index in [2.05, 4.69) is 26.6 Å². The van der Waals surface area contributed by atoms with Crippen molar-refractivity contribution in [2.24, 2.45) is 0 Å². The highest BCUT2D eigenvalue weighted by Gasteiger charge is 2.41. The number of hydrogen-bond acceptors (Lipinski definition) is 4. The largest absolute Gasteiger partial charge is 0.444 e. The van der Waals surface area contributed by atoms with Gasteiger partial charge in [-0.15, -0.1) is 0 Å². The molecule has 0 radical (unpaired) electrons. The van der Waals surface area contributed by atoms with E-state index in [1.165, 1.54) is 18.2 Å². The van der Waals surface area contributed by atoms with Crippen LogP contribution >= 0.6 is 15.9 Å². The van der Waals surface area contributed by atoms with E-state index in [1.807, 2.05) is 24.3 Å². The van der Waals surface area contributed by atoms with Crippen molar-refractivity contribution >= 4 is 39.3 Å². The minimum Gasteiger partial charge on any atom is -0.444 e. The summed E-state index contributed by atoms with van der Waals surface area (Å²) >= 11 is 3.42. The Morgan fingerprint density at radius 1 is 1.06 bits per heavy atom. The molecule has 166 valence electrons. The molecule has 0 bridgehead atoms. The van der Waals surface area contributed by atoms with Gasteiger partial charge in [0.1, 0.15) is 11.4 Å². The number of hydrogen-bond donors (Lipinski definition) is 2. The molecule has 1 fully saturated rings. The topological polar surface area (TPSA) is 76.7 Å². The average molecular weight is 493 g/mol. The number of ether oxygens (including phenoxy) is 2. The Morgan fingerprint density at radius 2 is 1.71 bits per heavy atom. The van der Waals surface area contributed by atoms with Crippen LogP contribution in [0.1, 0.15) is 39.2 Å². The molecule has 0 aromatic heterocycles.